The van der Waals surface area contributed by atoms with Crippen molar-refractivity contribution >= 4 is 12.4 Å². The number of aryl methyl sites for hydroxylation is 1. The summed E-state index contributed by atoms with van der Waals surface area (Å²) in [5.74, 6) is 0.650. The van der Waals surface area contributed by atoms with Crippen LogP contribution in [-0.2, 0) is 6.42 Å². The van der Waals surface area contributed by atoms with Gasteiger partial charge in [0.15, 0.2) is 0 Å². The molecule has 0 spiro atoms. The first-order chi connectivity index (χ1) is 17.3. The van der Waals surface area contributed by atoms with Crippen molar-refractivity contribution in [2.24, 2.45) is 0 Å². The summed E-state index contributed by atoms with van der Waals surface area (Å²) < 4.78 is 18.6. The van der Waals surface area contributed by atoms with Crippen molar-refractivity contribution in [1.29, 1.82) is 0 Å². The van der Waals surface area contributed by atoms with Crippen LogP contribution in [0.1, 0.15) is 35.8 Å². The summed E-state index contributed by atoms with van der Waals surface area (Å²) in [6.07, 6.45) is 3.07. The summed E-state index contributed by atoms with van der Waals surface area (Å²) in [7, 11) is 0. The Bertz CT molecular complexity index is 1140. The lowest BCUT2D eigenvalue weighted by Gasteiger charge is -2.39. The molecule has 1 aromatic heterocycles. The van der Waals surface area contributed by atoms with Crippen molar-refractivity contribution in [1.82, 2.24) is 15.0 Å². The Labute approximate surface area is 219 Å². The van der Waals surface area contributed by atoms with Gasteiger partial charge in [-0.05, 0) is 54.8 Å². The van der Waals surface area contributed by atoms with E-state index in [9.17, 15) is 4.39 Å². The van der Waals surface area contributed by atoms with Gasteiger partial charge < -0.3 is 9.42 Å². The van der Waals surface area contributed by atoms with Gasteiger partial charge in [-0.1, -0.05) is 65.8 Å². The molecule has 36 heavy (non-hydrogen) atoms. The molecule has 0 amide bonds. The van der Waals surface area contributed by atoms with Gasteiger partial charge in [-0.3, -0.25) is 4.90 Å². The standard InChI is InChI=1S/C30H32FN3O.ClH/c31-27-16-14-24(15-17-27)29-23-28(35-32-29)13-7-8-18-33-19-21-34(22-20-33)30(25-9-3-1-4-10-25)26-11-5-2-6-12-26;/h1-6,9-12,14-17,23,30H,7-8,13,18-22H2;1H. The van der Waals surface area contributed by atoms with E-state index in [-0.39, 0.29) is 18.2 Å². The van der Waals surface area contributed by atoms with Crippen LogP contribution in [0.25, 0.3) is 11.3 Å². The maximum atomic E-state index is 13.1. The topological polar surface area (TPSA) is 32.5 Å². The van der Waals surface area contributed by atoms with Crippen LogP contribution in [0.5, 0.6) is 0 Å². The zero-order valence-corrected chi connectivity index (χ0v) is 21.2. The van der Waals surface area contributed by atoms with Gasteiger partial charge in [0.25, 0.3) is 0 Å². The Hall–Kier alpha value is -2.99. The van der Waals surface area contributed by atoms with Gasteiger partial charge in [0.2, 0.25) is 0 Å². The maximum Gasteiger partial charge on any atom is 0.137 e. The molecule has 3 aromatic carbocycles. The van der Waals surface area contributed by atoms with Gasteiger partial charge in [0.1, 0.15) is 17.3 Å². The Morgan fingerprint density at radius 3 is 2.00 bits per heavy atom. The van der Waals surface area contributed by atoms with Crippen LogP contribution in [0.15, 0.2) is 95.5 Å². The van der Waals surface area contributed by atoms with E-state index in [1.165, 1.54) is 23.3 Å². The second-order valence-electron chi connectivity index (χ2n) is 9.24. The molecule has 0 bridgehead atoms. The molecular formula is C30H33ClFN3O. The lowest BCUT2D eigenvalue weighted by atomic mass is 9.96. The molecule has 0 atom stereocenters. The van der Waals surface area contributed by atoms with Gasteiger partial charge in [-0.2, -0.15) is 0 Å². The largest absolute Gasteiger partial charge is 0.361 e. The molecule has 0 radical (unpaired) electrons. The third-order valence-corrected chi connectivity index (χ3v) is 6.85. The van der Waals surface area contributed by atoms with E-state index in [2.05, 4.69) is 75.6 Å². The normalized spacial score (nSPS) is 14.6. The molecule has 1 aliphatic heterocycles. The van der Waals surface area contributed by atoms with E-state index < -0.39 is 0 Å². The van der Waals surface area contributed by atoms with Gasteiger partial charge >= 0.3 is 0 Å². The Kier molecular flexibility index (Phi) is 9.29. The number of piperazine rings is 1. The number of halogens is 2. The van der Waals surface area contributed by atoms with Crippen molar-refractivity contribution < 1.29 is 8.91 Å². The van der Waals surface area contributed by atoms with E-state index in [1.807, 2.05) is 6.07 Å². The van der Waals surface area contributed by atoms with E-state index >= 15 is 0 Å². The first kappa shape index (κ1) is 26.1. The highest BCUT2D eigenvalue weighted by molar-refractivity contribution is 5.85. The highest BCUT2D eigenvalue weighted by atomic mass is 35.5. The molecule has 1 fully saturated rings. The predicted octanol–water partition coefficient (Wildman–Crippen LogP) is 6.63. The van der Waals surface area contributed by atoms with Gasteiger partial charge in [0.05, 0.1) is 6.04 Å². The first-order valence-electron chi connectivity index (χ1n) is 12.5. The van der Waals surface area contributed by atoms with Crippen molar-refractivity contribution in [3.05, 3.63) is 114 Å². The van der Waals surface area contributed by atoms with Crippen LogP contribution in [0, 0.1) is 5.82 Å². The lowest BCUT2D eigenvalue weighted by molar-refractivity contribution is 0.108. The number of aromatic nitrogens is 1. The van der Waals surface area contributed by atoms with Crippen molar-refractivity contribution in [3.8, 4) is 11.3 Å². The third-order valence-electron chi connectivity index (χ3n) is 6.85. The summed E-state index contributed by atoms with van der Waals surface area (Å²) in [6.45, 7) is 5.42. The Morgan fingerprint density at radius 2 is 1.39 bits per heavy atom. The van der Waals surface area contributed by atoms with Crippen molar-refractivity contribution in [2.45, 2.75) is 25.3 Å². The van der Waals surface area contributed by atoms with E-state index in [0.717, 1.165) is 69.0 Å². The molecule has 0 aliphatic carbocycles. The van der Waals surface area contributed by atoms with Crippen molar-refractivity contribution in [2.75, 3.05) is 32.7 Å². The molecule has 4 nitrogen and oxygen atoms in total. The fourth-order valence-corrected chi connectivity index (χ4v) is 4.95. The molecule has 188 valence electrons. The summed E-state index contributed by atoms with van der Waals surface area (Å²) in [4.78, 5) is 5.19. The fraction of sp³-hybridized carbons (Fsp3) is 0.300. The Balaban J connectivity index is 0.00000304. The second-order valence-corrected chi connectivity index (χ2v) is 9.24. The molecule has 4 aromatic rings. The van der Waals surface area contributed by atoms with E-state index in [0.29, 0.717) is 6.04 Å². The minimum Gasteiger partial charge on any atom is -0.361 e. The molecule has 2 heterocycles. The quantitative estimate of drug-likeness (QED) is 0.239. The van der Waals surface area contributed by atoms with Crippen molar-refractivity contribution in [3.63, 3.8) is 0 Å². The van der Waals surface area contributed by atoms with Gasteiger partial charge in [-0.25, -0.2) is 4.39 Å². The average Bonchev–Trinajstić information content (AvgIpc) is 3.38. The van der Waals surface area contributed by atoms with Crippen LogP contribution < -0.4 is 0 Å². The van der Waals surface area contributed by atoms with Crippen LogP contribution >= 0.6 is 12.4 Å². The summed E-state index contributed by atoms with van der Waals surface area (Å²) in [6, 6.07) is 30.4. The van der Waals surface area contributed by atoms with E-state index in [4.69, 9.17) is 4.52 Å². The molecule has 0 unspecified atom stereocenters. The SMILES string of the molecule is Cl.Fc1ccc(-c2cc(CCCCN3CCN(C(c4ccccc4)c4ccccc4)CC3)on2)cc1. The van der Waals surface area contributed by atoms with Gasteiger partial charge in [-0.15, -0.1) is 12.4 Å². The zero-order valence-electron chi connectivity index (χ0n) is 20.4. The number of nitrogens with zero attached hydrogens (tertiary/aromatic N) is 3. The first-order valence-corrected chi connectivity index (χ1v) is 12.5. The monoisotopic (exact) mass is 505 g/mol. The summed E-state index contributed by atoms with van der Waals surface area (Å²) >= 11 is 0. The van der Waals surface area contributed by atoms with E-state index in [1.54, 1.807) is 12.1 Å². The molecule has 5 rings (SSSR count). The highest BCUT2D eigenvalue weighted by Crippen LogP contribution is 2.29. The fourth-order valence-electron chi connectivity index (χ4n) is 4.95. The third kappa shape index (κ3) is 6.61. The smallest absolute Gasteiger partial charge is 0.137 e. The number of hydrogen-bond donors (Lipinski definition) is 0. The van der Waals surface area contributed by atoms with Crippen LogP contribution in [0.4, 0.5) is 4.39 Å². The summed E-state index contributed by atoms with van der Waals surface area (Å²) in [5, 5.41) is 4.15. The summed E-state index contributed by atoms with van der Waals surface area (Å²) in [5.41, 5.74) is 4.37. The van der Waals surface area contributed by atoms with Crippen LogP contribution in [-0.4, -0.2) is 47.7 Å². The predicted molar refractivity (Wildman–Crippen MR) is 145 cm³/mol. The highest BCUT2D eigenvalue weighted by Gasteiger charge is 2.26. The molecule has 0 N–H and O–H groups in total. The lowest BCUT2D eigenvalue weighted by Crippen LogP contribution is -2.48. The molecule has 0 saturated carbocycles. The van der Waals surface area contributed by atoms with Gasteiger partial charge in [0, 0.05) is 44.2 Å². The molecule has 1 aliphatic rings. The van der Waals surface area contributed by atoms with Crippen LogP contribution in [0.3, 0.4) is 0 Å². The van der Waals surface area contributed by atoms with Crippen LogP contribution in [0.2, 0.25) is 0 Å². The Morgan fingerprint density at radius 1 is 0.778 bits per heavy atom. The number of hydrogen-bond acceptors (Lipinski definition) is 4. The second kappa shape index (κ2) is 12.8. The number of rotatable bonds is 9. The minimum absolute atomic E-state index is 0. The zero-order chi connectivity index (χ0) is 23.9. The number of unbranched alkanes of at least 4 members (excludes halogenated alkanes) is 1. The number of benzene rings is 3. The minimum atomic E-state index is -0.242. The average molecular weight is 506 g/mol. The molecule has 6 heteroatoms. The molecular weight excluding hydrogens is 473 g/mol. The molecule has 1 saturated heterocycles. The maximum absolute atomic E-state index is 13.1.